The van der Waals surface area contributed by atoms with E-state index in [4.69, 9.17) is 14.6 Å². The third-order valence-electron chi connectivity index (χ3n) is 3.76. The first-order valence-electron chi connectivity index (χ1n) is 8.87. The summed E-state index contributed by atoms with van der Waals surface area (Å²) in [5.74, 6) is -2.83. The van der Waals surface area contributed by atoms with E-state index < -0.39 is 46.9 Å². The fourth-order valence-electron chi connectivity index (χ4n) is 2.44. The Kier molecular flexibility index (Phi) is 8.10. The van der Waals surface area contributed by atoms with Gasteiger partial charge in [-0.1, -0.05) is 11.8 Å². The van der Waals surface area contributed by atoms with Crippen LogP contribution in [-0.4, -0.2) is 62.6 Å². The number of nitrogens with one attached hydrogen (secondary N) is 1. The Morgan fingerprint density at radius 3 is 2.58 bits per heavy atom. The van der Waals surface area contributed by atoms with Gasteiger partial charge in [-0.05, 0) is 43.9 Å². The number of hydrogen-bond donors (Lipinski definition) is 3. The molecule has 1 atom stereocenters. The van der Waals surface area contributed by atoms with Gasteiger partial charge in [-0.15, -0.1) is 0 Å². The molecule has 0 aliphatic heterocycles. The predicted octanol–water partition coefficient (Wildman–Crippen LogP) is 2.24. The number of ether oxygens (including phenoxy) is 2. The van der Waals surface area contributed by atoms with E-state index in [1.807, 2.05) is 0 Å². The molecule has 0 aliphatic rings. The van der Waals surface area contributed by atoms with Crippen molar-refractivity contribution in [3.63, 3.8) is 0 Å². The highest BCUT2D eigenvalue weighted by Gasteiger charge is 2.30. The van der Waals surface area contributed by atoms with E-state index in [0.717, 1.165) is 11.8 Å². The van der Waals surface area contributed by atoms with Crippen molar-refractivity contribution < 1.29 is 34.2 Å². The Hall–Kier alpha value is -3.45. The molecule has 12 nitrogen and oxygen atoms in total. The van der Waals surface area contributed by atoms with Crippen LogP contribution in [0.15, 0.2) is 23.4 Å². The average molecular weight is 452 g/mol. The molecule has 0 aliphatic carbocycles. The highest BCUT2D eigenvalue weighted by molar-refractivity contribution is 7.98. The summed E-state index contributed by atoms with van der Waals surface area (Å²) in [5.41, 5.74) is 0.0897. The predicted molar refractivity (Wildman–Crippen MR) is 110 cm³/mol. The number of benzene rings is 1. The highest BCUT2D eigenvalue weighted by Crippen LogP contribution is 2.37. The summed E-state index contributed by atoms with van der Waals surface area (Å²) < 4.78 is 10.6. The molecule has 0 spiro atoms. The number of aliphatic hydroxyl groups is 1. The maximum Gasteiger partial charge on any atom is 0.373 e. The first-order valence-corrected chi connectivity index (χ1v) is 10.1. The second-order valence-electron chi connectivity index (χ2n) is 6.04. The van der Waals surface area contributed by atoms with Crippen LogP contribution in [0.3, 0.4) is 0 Å². The number of aromatic nitrogens is 2. The van der Waals surface area contributed by atoms with Crippen molar-refractivity contribution in [3.05, 3.63) is 39.4 Å². The number of carboxylic acids is 1. The zero-order chi connectivity index (χ0) is 23.1. The van der Waals surface area contributed by atoms with E-state index in [-0.39, 0.29) is 23.1 Å². The second kappa shape index (κ2) is 10.5. The van der Waals surface area contributed by atoms with Crippen LogP contribution in [-0.2, 0) is 9.53 Å². The monoisotopic (exact) mass is 452 g/mol. The number of rotatable bonds is 10. The Bertz CT molecular complexity index is 1000. The summed E-state index contributed by atoms with van der Waals surface area (Å²) >= 11 is 1.04. The normalized spacial score (nSPS) is 11.5. The maximum atomic E-state index is 12.0. The van der Waals surface area contributed by atoms with Gasteiger partial charge >= 0.3 is 23.5 Å². The van der Waals surface area contributed by atoms with Crippen molar-refractivity contribution in [2.45, 2.75) is 25.0 Å². The molecule has 1 aromatic heterocycles. The summed E-state index contributed by atoms with van der Waals surface area (Å²) in [4.78, 5) is 42.1. The molecule has 31 heavy (non-hydrogen) atoms. The number of nitrogens with zero attached hydrogens (tertiary/aromatic N) is 3. The lowest BCUT2D eigenvalue weighted by Gasteiger charge is -2.15. The first kappa shape index (κ1) is 23.8. The molecule has 1 aromatic carbocycles. The summed E-state index contributed by atoms with van der Waals surface area (Å²) in [6.45, 7) is 2.69. The van der Waals surface area contributed by atoms with Crippen molar-refractivity contribution in [3.8, 4) is 11.6 Å². The number of esters is 1. The van der Waals surface area contributed by atoms with Gasteiger partial charge < -0.3 is 25.0 Å². The van der Waals surface area contributed by atoms with Gasteiger partial charge in [-0.25, -0.2) is 9.59 Å². The van der Waals surface area contributed by atoms with Gasteiger partial charge in [-0.2, -0.15) is 9.97 Å². The van der Waals surface area contributed by atoms with E-state index in [2.05, 4.69) is 15.3 Å². The van der Waals surface area contributed by atoms with Crippen molar-refractivity contribution >= 4 is 35.2 Å². The van der Waals surface area contributed by atoms with Gasteiger partial charge in [0.05, 0.1) is 23.7 Å². The molecule has 13 heteroatoms. The second-order valence-corrected chi connectivity index (χ2v) is 6.82. The molecule has 2 rings (SSSR count). The Balaban J connectivity index is 2.55. The molecule has 0 amide bonds. The number of thioether (sulfide) groups is 1. The topological polar surface area (TPSA) is 174 Å². The first-order chi connectivity index (χ1) is 14.7. The lowest BCUT2D eigenvalue weighted by Crippen LogP contribution is -2.33. The number of anilines is 1. The molecular formula is C18H20N4O8S. The fraction of sp³-hybridized carbons (Fsp3) is 0.333. The minimum Gasteiger partial charge on any atom is -0.480 e. The molecule has 3 N–H and O–H groups in total. The Morgan fingerprint density at radius 2 is 2.03 bits per heavy atom. The van der Waals surface area contributed by atoms with E-state index >= 15 is 0 Å². The van der Waals surface area contributed by atoms with Gasteiger partial charge in [-0.3, -0.25) is 10.1 Å². The summed E-state index contributed by atoms with van der Waals surface area (Å²) in [7, 11) is 0. The van der Waals surface area contributed by atoms with Gasteiger partial charge in [0.1, 0.15) is 11.8 Å². The standard InChI is InChI=1S/C18H20N4O8S/c1-4-29-17(26)10-5-9(2)6-11(7-10)30-15-13(22(27)28)14(20-18(21-15)31-3)19-12(8-23)16(24)25/h5-7,12,23H,4,8H2,1-3H3,(H,24,25)(H,19,20,21). The van der Waals surface area contributed by atoms with Crippen LogP contribution in [0.5, 0.6) is 11.6 Å². The van der Waals surface area contributed by atoms with Crippen molar-refractivity contribution in [1.29, 1.82) is 0 Å². The zero-order valence-electron chi connectivity index (χ0n) is 16.8. The van der Waals surface area contributed by atoms with Crippen LogP contribution < -0.4 is 10.1 Å². The van der Waals surface area contributed by atoms with Gasteiger partial charge in [0.15, 0.2) is 5.16 Å². The van der Waals surface area contributed by atoms with Crippen LogP contribution in [0.1, 0.15) is 22.8 Å². The largest absolute Gasteiger partial charge is 0.480 e. The van der Waals surface area contributed by atoms with Crippen LogP contribution >= 0.6 is 11.8 Å². The quantitative estimate of drug-likeness (QED) is 0.158. The van der Waals surface area contributed by atoms with Gasteiger partial charge in [0, 0.05) is 0 Å². The number of carboxylic acid groups (broad SMARTS) is 1. The molecule has 0 bridgehead atoms. The summed E-state index contributed by atoms with van der Waals surface area (Å²) in [6, 6.07) is 2.91. The third kappa shape index (κ3) is 6.02. The van der Waals surface area contributed by atoms with Crippen molar-refractivity contribution in [2.24, 2.45) is 0 Å². The lowest BCUT2D eigenvalue weighted by molar-refractivity contribution is -0.385. The molecule has 0 radical (unpaired) electrons. The third-order valence-corrected chi connectivity index (χ3v) is 4.31. The van der Waals surface area contributed by atoms with Crippen LogP contribution in [0.2, 0.25) is 0 Å². The molecule has 166 valence electrons. The Labute approximate surface area is 180 Å². The zero-order valence-corrected chi connectivity index (χ0v) is 17.6. The highest BCUT2D eigenvalue weighted by atomic mass is 32.2. The van der Waals surface area contributed by atoms with Crippen LogP contribution in [0, 0.1) is 17.0 Å². The fourth-order valence-corrected chi connectivity index (χ4v) is 2.80. The molecule has 0 saturated carbocycles. The maximum absolute atomic E-state index is 12.0. The molecule has 1 unspecified atom stereocenters. The minimum absolute atomic E-state index is 0.0587. The van der Waals surface area contributed by atoms with Crippen molar-refractivity contribution in [1.82, 2.24) is 9.97 Å². The van der Waals surface area contributed by atoms with E-state index in [1.54, 1.807) is 26.2 Å². The number of carbonyl (C=O) groups excluding carboxylic acids is 1. The number of nitro groups is 1. The van der Waals surface area contributed by atoms with Crippen molar-refractivity contribution in [2.75, 3.05) is 24.8 Å². The molecule has 0 fully saturated rings. The average Bonchev–Trinajstić information content (AvgIpc) is 2.70. The number of carbonyl (C=O) groups is 2. The number of hydrogen-bond acceptors (Lipinski definition) is 11. The molecule has 2 aromatic rings. The smallest absolute Gasteiger partial charge is 0.373 e. The lowest BCUT2D eigenvalue weighted by atomic mass is 10.1. The molecular weight excluding hydrogens is 432 g/mol. The van der Waals surface area contributed by atoms with Crippen LogP contribution in [0.25, 0.3) is 0 Å². The SMILES string of the molecule is CCOC(=O)c1cc(C)cc(Oc2nc(SC)nc(NC(CO)C(=O)O)c2[N+](=O)[O-])c1. The Morgan fingerprint density at radius 1 is 1.32 bits per heavy atom. The number of aliphatic carboxylic acids is 1. The van der Waals surface area contributed by atoms with Crippen LogP contribution in [0.4, 0.5) is 11.5 Å². The number of aliphatic hydroxyl groups excluding tert-OH is 1. The number of aryl methyl sites for hydroxylation is 1. The molecule has 0 saturated heterocycles. The van der Waals surface area contributed by atoms with E-state index in [1.165, 1.54) is 12.1 Å². The van der Waals surface area contributed by atoms with Gasteiger partial charge in [0.25, 0.3) is 0 Å². The summed E-state index contributed by atoms with van der Waals surface area (Å²) in [5, 5.41) is 32.5. The van der Waals surface area contributed by atoms with Gasteiger partial charge in [0.2, 0.25) is 5.82 Å². The van der Waals surface area contributed by atoms with E-state index in [0.29, 0.717) is 5.56 Å². The molecule has 1 heterocycles. The summed E-state index contributed by atoms with van der Waals surface area (Å²) in [6.07, 6.45) is 1.61. The minimum atomic E-state index is -1.54. The van der Waals surface area contributed by atoms with E-state index in [9.17, 15) is 24.8 Å².